The van der Waals surface area contributed by atoms with Gasteiger partial charge in [0.1, 0.15) is 5.56 Å². The summed E-state index contributed by atoms with van der Waals surface area (Å²) in [5, 5.41) is 13.3. The van der Waals surface area contributed by atoms with Crippen molar-refractivity contribution < 1.29 is 14.5 Å². The predicted molar refractivity (Wildman–Crippen MR) is 102 cm³/mol. The summed E-state index contributed by atoms with van der Waals surface area (Å²) in [6.07, 6.45) is 1.64. The number of carbonyl (C=O) groups excluding carboxylic acids is 1. The first-order valence-electron chi connectivity index (χ1n) is 8.29. The standard InChI is InChI=1S/C21H14N2O4/c1-13-9-10-19(23(25)26)17(11-13)20-22-18(21(24)27-20)12-15-7-4-6-14-5-2-3-8-16(14)15/h2-12H,1H3/b18-12-. The van der Waals surface area contributed by atoms with E-state index in [1.54, 1.807) is 25.1 Å². The lowest BCUT2D eigenvalue weighted by Gasteiger charge is -2.02. The highest BCUT2D eigenvalue weighted by Crippen LogP contribution is 2.27. The minimum Gasteiger partial charge on any atom is -0.402 e. The summed E-state index contributed by atoms with van der Waals surface area (Å²) < 4.78 is 5.23. The van der Waals surface area contributed by atoms with Crippen molar-refractivity contribution in [1.82, 2.24) is 0 Å². The van der Waals surface area contributed by atoms with Crippen LogP contribution in [0.25, 0.3) is 16.8 Å². The fraction of sp³-hybridized carbons (Fsp3) is 0.0476. The van der Waals surface area contributed by atoms with Crippen LogP contribution in [-0.4, -0.2) is 16.8 Å². The van der Waals surface area contributed by atoms with Gasteiger partial charge in [0.05, 0.1) is 4.92 Å². The Bertz CT molecular complexity index is 1160. The van der Waals surface area contributed by atoms with E-state index in [1.807, 2.05) is 42.5 Å². The molecule has 0 aliphatic carbocycles. The van der Waals surface area contributed by atoms with Crippen molar-refractivity contribution in [3.8, 4) is 0 Å². The number of rotatable bonds is 3. The number of ether oxygens (including phenoxy) is 1. The third kappa shape index (κ3) is 3.08. The molecule has 1 aliphatic heterocycles. The van der Waals surface area contributed by atoms with Gasteiger partial charge in [0.15, 0.2) is 5.70 Å². The second-order valence-electron chi connectivity index (χ2n) is 6.18. The lowest BCUT2D eigenvalue weighted by molar-refractivity contribution is -0.385. The fourth-order valence-corrected chi connectivity index (χ4v) is 3.03. The molecule has 0 saturated heterocycles. The number of aryl methyl sites for hydroxylation is 1. The summed E-state index contributed by atoms with van der Waals surface area (Å²) in [7, 11) is 0. The number of nitrogens with zero attached hydrogens (tertiary/aromatic N) is 2. The molecule has 0 N–H and O–H groups in total. The molecular weight excluding hydrogens is 344 g/mol. The van der Waals surface area contributed by atoms with E-state index in [1.165, 1.54) is 6.07 Å². The Morgan fingerprint density at radius 1 is 1.07 bits per heavy atom. The molecule has 3 aromatic carbocycles. The Morgan fingerprint density at radius 2 is 1.85 bits per heavy atom. The zero-order valence-corrected chi connectivity index (χ0v) is 14.4. The molecule has 0 atom stereocenters. The van der Waals surface area contributed by atoms with Crippen LogP contribution in [0.5, 0.6) is 0 Å². The van der Waals surface area contributed by atoms with Gasteiger partial charge in [-0.15, -0.1) is 0 Å². The van der Waals surface area contributed by atoms with E-state index in [4.69, 9.17) is 4.74 Å². The predicted octanol–water partition coefficient (Wildman–Crippen LogP) is 4.40. The maximum atomic E-state index is 12.3. The van der Waals surface area contributed by atoms with Crippen LogP contribution in [0.15, 0.2) is 71.4 Å². The highest BCUT2D eigenvalue weighted by atomic mass is 16.6. The van der Waals surface area contributed by atoms with Gasteiger partial charge in [-0.05, 0) is 41.0 Å². The molecule has 4 rings (SSSR count). The molecule has 0 spiro atoms. The van der Waals surface area contributed by atoms with Crippen molar-refractivity contribution in [2.45, 2.75) is 6.92 Å². The molecule has 0 aromatic heterocycles. The first-order chi connectivity index (χ1) is 13.0. The molecule has 1 aliphatic rings. The summed E-state index contributed by atoms with van der Waals surface area (Å²) >= 11 is 0. The largest absolute Gasteiger partial charge is 0.402 e. The molecule has 1 heterocycles. The van der Waals surface area contributed by atoms with Crippen LogP contribution in [0.3, 0.4) is 0 Å². The number of hydrogen-bond donors (Lipinski definition) is 0. The summed E-state index contributed by atoms with van der Waals surface area (Å²) in [5.74, 6) is -0.685. The van der Waals surface area contributed by atoms with Crippen molar-refractivity contribution in [2.24, 2.45) is 4.99 Å². The molecule has 0 amide bonds. The van der Waals surface area contributed by atoms with E-state index in [0.717, 1.165) is 21.9 Å². The minimum atomic E-state index is -0.631. The van der Waals surface area contributed by atoms with Gasteiger partial charge in [-0.2, -0.15) is 0 Å². The molecule has 0 bridgehead atoms. The zero-order chi connectivity index (χ0) is 19.0. The van der Waals surface area contributed by atoms with Gasteiger partial charge < -0.3 is 4.74 Å². The first kappa shape index (κ1) is 16.7. The van der Waals surface area contributed by atoms with Crippen LogP contribution in [-0.2, 0) is 9.53 Å². The fourth-order valence-electron chi connectivity index (χ4n) is 3.03. The lowest BCUT2D eigenvalue weighted by atomic mass is 10.0. The van der Waals surface area contributed by atoms with E-state index in [2.05, 4.69) is 4.99 Å². The van der Waals surface area contributed by atoms with Gasteiger partial charge in [0, 0.05) is 6.07 Å². The van der Waals surface area contributed by atoms with Crippen LogP contribution >= 0.6 is 0 Å². The SMILES string of the molecule is Cc1ccc([N+](=O)[O-])c(C2=N/C(=C\c3cccc4ccccc34)C(=O)O2)c1. The Balaban J connectivity index is 1.81. The van der Waals surface area contributed by atoms with Crippen LogP contribution in [0.2, 0.25) is 0 Å². The van der Waals surface area contributed by atoms with Crippen LogP contribution in [0.4, 0.5) is 5.69 Å². The topological polar surface area (TPSA) is 81.8 Å². The van der Waals surface area contributed by atoms with Crippen molar-refractivity contribution in [1.29, 1.82) is 0 Å². The number of esters is 1. The van der Waals surface area contributed by atoms with Crippen molar-refractivity contribution >= 4 is 34.4 Å². The van der Waals surface area contributed by atoms with Crippen LogP contribution in [0, 0.1) is 17.0 Å². The number of fused-ring (bicyclic) bond motifs is 1. The number of carbonyl (C=O) groups is 1. The number of nitro groups is 1. The molecule has 0 fully saturated rings. The molecule has 0 saturated carbocycles. The Hall–Kier alpha value is -3.80. The monoisotopic (exact) mass is 358 g/mol. The second-order valence-corrected chi connectivity index (χ2v) is 6.18. The second kappa shape index (κ2) is 6.49. The molecule has 132 valence electrons. The maximum Gasteiger partial charge on any atom is 0.363 e. The lowest BCUT2D eigenvalue weighted by Crippen LogP contribution is -2.08. The number of benzene rings is 3. The van der Waals surface area contributed by atoms with Gasteiger partial charge >= 0.3 is 5.97 Å². The minimum absolute atomic E-state index is 0.0538. The molecule has 6 heteroatoms. The highest BCUT2D eigenvalue weighted by molar-refractivity contribution is 6.14. The van der Waals surface area contributed by atoms with E-state index >= 15 is 0 Å². The van der Waals surface area contributed by atoms with Gasteiger partial charge in [0.2, 0.25) is 5.90 Å². The summed E-state index contributed by atoms with van der Waals surface area (Å²) in [6, 6.07) is 18.2. The van der Waals surface area contributed by atoms with Crippen molar-refractivity contribution in [2.75, 3.05) is 0 Å². The number of aliphatic imine (C=N–C) groups is 1. The van der Waals surface area contributed by atoms with E-state index in [9.17, 15) is 14.9 Å². The first-order valence-corrected chi connectivity index (χ1v) is 8.29. The van der Waals surface area contributed by atoms with Crippen LogP contribution in [0.1, 0.15) is 16.7 Å². The summed E-state index contributed by atoms with van der Waals surface area (Å²) in [6.45, 7) is 1.80. The molecular formula is C21H14N2O4. The van der Waals surface area contributed by atoms with Gasteiger partial charge in [-0.1, -0.05) is 48.5 Å². The van der Waals surface area contributed by atoms with Crippen LogP contribution < -0.4 is 0 Å². The highest BCUT2D eigenvalue weighted by Gasteiger charge is 2.29. The van der Waals surface area contributed by atoms with E-state index in [-0.39, 0.29) is 22.8 Å². The Labute approximate surface area is 154 Å². The maximum absolute atomic E-state index is 12.3. The zero-order valence-electron chi connectivity index (χ0n) is 14.4. The van der Waals surface area contributed by atoms with Crippen molar-refractivity contribution in [3.05, 3.63) is 93.2 Å². The van der Waals surface area contributed by atoms with Gasteiger partial charge in [-0.3, -0.25) is 10.1 Å². The average molecular weight is 358 g/mol. The molecule has 0 unspecified atom stereocenters. The average Bonchev–Trinajstić information content (AvgIpc) is 3.02. The normalized spacial score (nSPS) is 15.1. The van der Waals surface area contributed by atoms with Gasteiger partial charge in [-0.25, -0.2) is 9.79 Å². The quantitative estimate of drug-likeness (QED) is 0.301. The van der Waals surface area contributed by atoms with E-state index < -0.39 is 10.9 Å². The molecule has 6 nitrogen and oxygen atoms in total. The summed E-state index contributed by atoms with van der Waals surface area (Å²) in [4.78, 5) is 27.3. The van der Waals surface area contributed by atoms with Crippen molar-refractivity contribution in [3.63, 3.8) is 0 Å². The third-order valence-electron chi connectivity index (χ3n) is 4.32. The molecule has 27 heavy (non-hydrogen) atoms. The number of hydrogen-bond acceptors (Lipinski definition) is 5. The molecule has 3 aromatic rings. The molecule has 0 radical (unpaired) electrons. The van der Waals surface area contributed by atoms with Gasteiger partial charge in [0.25, 0.3) is 5.69 Å². The summed E-state index contributed by atoms with van der Waals surface area (Å²) in [5.41, 5.74) is 1.77. The Kier molecular flexibility index (Phi) is 4.01. The number of cyclic esters (lactones) is 1. The Morgan fingerprint density at radius 3 is 2.67 bits per heavy atom. The van der Waals surface area contributed by atoms with E-state index in [0.29, 0.717) is 0 Å². The third-order valence-corrected chi connectivity index (χ3v) is 4.32. The smallest absolute Gasteiger partial charge is 0.363 e. The number of nitro benzene ring substituents is 1.